The Morgan fingerprint density at radius 2 is 2.00 bits per heavy atom. The first-order valence-electron chi connectivity index (χ1n) is 8.12. The highest BCUT2D eigenvalue weighted by Gasteiger charge is 2.48. The number of hydrogen-bond acceptors (Lipinski definition) is 4. The minimum Gasteiger partial charge on any atom is -0.468 e. The number of nitrogens with one attached hydrogen (secondary N) is 1. The molecule has 1 N–H and O–H groups in total. The molecule has 2 aliphatic carbocycles. The van der Waals surface area contributed by atoms with Crippen LogP contribution in [0.2, 0.25) is 0 Å². The molecule has 2 atom stereocenters. The van der Waals surface area contributed by atoms with Crippen molar-refractivity contribution in [3.05, 3.63) is 0 Å². The predicted molar refractivity (Wildman–Crippen MR) is 85.1 cm³/mol. The topological polar surface area (TPSA) is 38.3 Å². The maximum Gasteiger partial charge on any atom is 0.326 e. The molecule has 2 saturated carbocycles. The largest absolute Gasteiger partial charge is 0.468 e. The van der Waals surface area contributed by atoms with Gasteiger partial charge in [-0.05, 0) is 50.8 Å². The van der Waals surface area contributed by atoms with Gasteiger partial charge >= 0.3 is 5.97 Å². The highest BCUT2D eigenvalue weighted by molar-refractivity contribution is 7.99. The Kier molecular flexibility index (Phi) is 6.21. The Morgan fingerprint density at radius 1 is 1.25 bits per heavy atom. The standard InChI is InChI=1S/C16H29NO2S/c1-17-16(15(18)19-2)11-6-7-13(16)10-12-20-14-8-4-3-5-9-14/h13-14,17H,3-12H2,1-2H3. The number of ether oxygens (including phenoxy) is 1. The van der Waals surface area contributed by atoms with Crippen molar-refractivity contribution in [2.75, 3.05) is 19.9 Å². The molecule has 116 valence electrons. The van der Waals surface area contributed by atoms with Gasteiger partial charge in [0.1, 0.15) is 5.54 Å². The van der Waals surface area contributed by atoms with Crippen LogP contribution >= 0.6 is 11.8 Å². The van der Waals surface area contributed by atoms with Crippen LogP contribution in [-0.2, 0) is 9.53 Å². The van der Waals surface area contributed by atoms with Crippen molar-refractivity contribution in [1.29, 1.82) is 0 Å². The minimum absolute atomic E-state index is 0.0647. The zero-order valence-electron chi connectivity index (χ0n) is 13.0. The molecule has 0 aromatic carbocycles. The summed E-state index contributed by atoms with van der Waals surface area (Å²) in [6.07, 6.45) is 11.4. The van der Waals surface area contributed by atoms with Crippen LogP contribution in [0.15, 0.2) is 0 Å². The molecule has 0 saturated heterocycles. The zero-order valence-corrected chi connectivity index (χ0v) is 13.8. The van der Waals surface area contributed by atoms with Crippen molar-refractivity contribution in [3.8, 4) is 0 Å². The molecule has 2 aliphatic rings. The van der Waals surface area contributed by atoms with Gasteiger partial charge in [0.2, 0.25) is 0 Å². The molecule has 0 amide bonds. The molecule has 2 rings (SSSR count). The van der Waals surface area contributed by atoms with E-state index in [-0.39, 0.29) is 5.97 Å². The van der Waals surface area contributed by atoms with E-state index < -0.39 is 5.54 Å². The summed E-state index contributed by atoms with van der Waals surface area (Å²) < 4.78 is 5.05. The van der Waals surface area contributed by atoms with Crippen LogP contribution in [0.1, 0.15) is 57.8 Å². The van der Waals surface area contributed by atoms with Gasteiger partial charge in [-0.1, -0.05) is 25.7 Å². The summed E-state index contributed by atoms with van der Waals surface area (Å²) in [4.78, 5) is 12.2. The van der Waals surface area contributed by atoms with E-state index in [9.17, 15) is 4.79 Å². The van der Waals surface area contributed by atoms with Crippen LogP contribution in [0.25, 0.3) is 0 Å². The van der Waals surface area contributed by atoms with Crippen molar-refractivity contribution in [1.82, 2.24) is 5.32 Å². The summed E-state index contributed by atoms with van der Waals surface area (Å²) in [5.74, 6) is 1.57. The molecule has 2 fully saturated rings. The SMILES string of the molecule is CNC1(C(=O)OC)CCCC1CCSC1CCCCC1. The molecule has 3 nitrogen and oxygen atoms in total. The Labute approximate surface area is 127 Å². The van der Waals surface area contributed by atoms with E-state index in [2.05, 4.69) is 17.1 Å². The number of thioether (sulfide) groups is 1. The van der Waals surface area contributed by atoms with E-state index in [4.69, 9.17) is 4.74 Å². The molecule has 0 aromatic rings. The first-order valence-corrected chi connectivity index (χ1v) is 9.16. The quantitative estimate of drug-likeness (QED) is 0.763. The average Bonchev–Trinajstić information content (AvgIpc) is 2.91. The van der Waals surface area contributed by atoms with E-state index in [0.717, 1.165) is 30.9 Å². The Hall–Kier alpha value is -0.220. The van der Waals surface area contributed by atoms with Gasteiger partial charge in [0.15, 0.2) is 0 Å². The lowest BCUT2D eigenvalue weighted by molar-refractivity contribution is -0.150. The molecule has 0 aliphatic heterocycles. The van der Waals surface area contributed by atoms with Crippen LogP contribution in [0.4, 0.5) is 0 Å². The van der Waals surface area contributed by atoms with Gasteiger partial charge in [-0.3, -0.25) is 4.79 Å². The van der Waals surface area contributed by atoms with Crippen LogP contribution in [0.3, 0.4) is 0 Å². The summed E-state index contributed by atoms with van der Waals surface area (Å²) in [6, 6.07) is 0. The van der Waals surface area contributed by atoms with Crippen LogP contribution in [0.5, 0.6) is 0 Å². The fourth-order valence-electron chi connectivity index (χ4n) is 3.96. The van der Waals surface area contributed by atoms with Gasteiger partial charge in [-0.2, -0.15) is 11.8 Å². The monoisotopic (exact) mass is 299 g/mol. The van der Waals surface area contributed by atoms with E-state index in [0.29, 0.717) is 5.92 Å². The third-order valence-electron chi connectivity index (χ3n) is 5.19. The predicted octanol–water partition coefficient (Wildman–Crippen LogP) is 3.37. The number of hydrogen-bond donors (Lipinski definition) is 1. The molecule has 0 heterocycles. The first-order chi connectivity index (χ1) is 9.73. The van der Waals surface area contributed by atoms with Crippen LogP contribution in [-0.4, -0.2) is 36.7 Å². The third kappa shape index (κ3) is 3.51. The summed E-state index contributed by atoms with van der Waals surface area (Å²) in [6.45, 7) is 0. The van der Waals surface area contributed by atoms with Crippen molar-refractivity contribution >= 4 is 17.7 Å². The maximum atomic E-state index is 12.2. The Morgan fingerprint density at radius 3 is 2.65 bits per heavy atom. The third-order valence-corrected chi connectivity index (χ3v) is 6.60. The highest BCUT2D eigenvalue weighted by Crippen LogP contribution is 2.40. The minimum atomic E-state index is -0.415. The number of methoxy groups -OCH3 is 1. The summed E-state index contributed by atoms with van der Waals surface area (Å²) in [7, 11) is 3.41. The second kappa shape index (κ2) is 7.69. The molecule has 0 spiro atoms. The van der Waals surface area contributed by atoms with Crippen molar-refractivity contribution in [2.24, 2.45) is 5.92 Å². The lowest BCUT2D eigenvalue weighted by Crippen LogP contribution is -2.53. The molecule has 0 aromatic heterocycles. The molecule has 0 bridgehead atoms. The van der Waals surface area contributed by atoms with Gasteiger partial charge in [0, 0.05) is 5.25 Å². The van der Waals surface area contributed by atoms with Crippen molar-refractivity contribution < 1.29 is 9.53 Å². The van der Waals surface area contributed by atoms with E-state index in [1.807, 2.05) is 7.05 Å². The van der Waals surface area contributed by atoms with Crippen LogP contribution in [0, 0.1) is 5.92 Å². The first kappa shape index (κ1) is 16.2. The molecule has 4 heteroatoms. The van der Waals surface area contributed by atoms with Gasteiger partial charge in [-0.25, -0.2) is 0 Å². The summed E-state index contributed by atoms with van der Waals surface area (Å²) in [5, 5.41) is 4.15. The second-order valence-electron chi connectivity index (χ2n) is 6.22. The number of carbonyl (C=O) groups is 1. The maximum absolute atomic E-state index is 12.2. The number of rotatable bonds is 6. The second-order valence-corrected chi connectivity index (χ2v) is 7.63. The molecular formula is C16H29NO2S. The van der Waals surface area contributed by atoms with Gasteiger partial charge in [-0.15, -0.1) is 0 Å². The van der Waals surface area contributed by atoms with Gasteiger partial charge < -0.3 is 10.1 Å². The lowest BCUT2D eigenvalue weighted by atomic mass is 9.85. The normalized spacial score (nSPS) is 31.4. The van der Waals surface area contributed by atoms with E-state index in [1.54, 1.807) is 0 Å². The molecular weight excluding hydrogens is 270 g/mol. The van der Waals surface area contributed by atoms with Gasteiger partial charge in [0.05, 0.1) is 7.11 Å². The fraction of sp³-hybridized carbons (Fsp3) is 0.938. The summed E-state index contributed by atoms with van der Waals surface area (Å²) >= 11 is 2.13. The Balaban J connectivity index is 1.82. The lowest BCUT2D eigenvalue weighted by Gasteiger charge is -2.32. The average molecular weight is 299 g/mol. The van der Waals surface area contributed by atoms with Crippen molar-refractivity contribution in [2.45, 2.75) is 68.6 Å². The van der Waals surface area contributed by atoms with Crippen LogP contribution < -0.4 is 5.32 Å². The highest BCUT2D eigenvalue weighted by atomic mass is 32.2. The Bertz CT molecular complexity index is 318. The fourth-order valence-corrected chi connectivity index (χ4v) is 5.38. The molecule has 20 heavy (non-hydrogen) atoms. The zero-order chi connectivity index (χ0) is 14.4. The number of likely N-dealkylation sites (N-methyl/N-ethyl adjacent to an activating group) is 1. The van der Waals surface area contributed by atoms with E-state index in [1.165, 1.54) is 45.0 Å². The smallest absolute Gasteiger partial charge is 0.326 e. The number of carbonyl (C=O) groups excluding carboxylic acids is 1. The van der Waals surface area contributed by atoms with Crippen molar-refractivity contribution in [3.63, 3.8) is 0 Å². The van der Waals surface area contributed by atoms with E-state index >= 15 is 0 Å². The van der Waals surface area contributed by atoms with Gasteiger partial charge in [0.25, 0.3) is 0 Å². The molecule has 0 radical (unpaired) electrons. The number of esters is 1. The molecule has 2 unspecified atom stereocenters. The summed E-state index contributed by atoms with van der Waals surface area (Å²) in [5.41, 5.74) is -0.415.